The number of carbonyl (C=O) groups excluding carboxylic acids is 2. The summed E-state index contributed by atoms with van der Waals surface area (Å²) in [6.45, 7) is 3.82. The van der Waals surface area contributed by atoms with Gasteiger partial charge in [-0.25, -0.2) is 4.79 Å². The van der Waals surface area contributed by atoms with Crippen LogP contribution in [0.1, 0.15) is 34.6 Å². The van der Waals surface area contributed by atoms with Crippen LogP contribution < -0.4 is 16.4 Å². The Kier molecular flexibility index (Phi) is 4.43. The predicted molar refractivity (Wildman–Crippen MR) is 96.5 cm³/mol. The Morgan fingerprint density at radius 2 is 1.88 bits per heavy atom. The third-order valence-corrected chi connectivity index (χ3v) is 4.03. The van der Waals surface area contributed by atoms with Crippen LogP contribution in [0.3, 0.4) is 0 Å². The topological polar surface area (TPSA) is 97.4 Å². The summed E-state index contributed by atoms with van der Waals surface area (Å²) in [5, 5.41) is 6.56. The highest BCUT2D eigenvalue weighted by atomic mass is 16.3. The Labute approximate surface area is 145 Å². The number of urea groups is 1. The fraction of sp³-hybridized carbons (Fsp3) is 0.158. The van der Waals surface area contributed by atoms with Crippen molar-refractivity contribution < 1.29 is 14.0 Å². The molecular formula is C19H19N3O3. The number of benzene rings is 2. The number of nitrogens with two attached hydrogens (primary N) is 1. The summed E-state index contributed by atoms with van der Waals surface area (Å²) in [6, 6.07) is 13.5. The maximum atomic E-state index is 12.2. The molecule has 2 aromatic carbocycles. The zero-order valence-corrected chi connectivity index (χ0v) is 14.0. The molecule has 0 aliphatic heterocycles. The van der Waals surface area contributed by atoms with Crippen LogP contribution in [0.15, 0.2) is 52.9 Å². The van der Waals surface area contributed by atoms with Crippen LogP contribution in [0.4, 0.5) is 10.5 Å². The van der Waals surface area contributed by atoms with Crippen LogP contribution in [0.5, 0.6) is 0 Å². The van der Waals surface area contributed by atoms with Gasteiger partial charge < -0.3 is 20.8 Å². The molecule has 0 bridgehead atoms. The molecule has 0 aliphatic rings. The first kappa shape index (κ1) is 16.6. The van der Waals surface area contributed by atoms with E-state index in [0.29, 0.717) is 17.0 Å². The van der Waals surface area contributed by atoms with Crippen molar-refractivity contribution in [2.45, 2.75) is 19.9 Å². The van der Waals surface area contributed by atoms with E-state index in [2.05, 4.69) is 10.6 Å². The maximum Gasteiger partial charge on any atom is 0.319 e. The second-order valence-corrected chi connectivity index (χ2v) is 5.85. The second kappa shape index (κ2) is 6.68. The zero-order valence-electron chi connectivity index (χ0n) is 14.0. The van der Waals surface area contributed by atoms with E-state index in [1.807, 2.05) is 38.1 Å². The lowest BCUT2D eigenvalue weighted by Crippen LogP contribution is -2.31. The molecule has 0 spiro atoms. The first-order valence-electron chi connectivity index (χ1n) is 7.91. The molecule has 1 atom stereocenters. The Morgan fingerprint density at radius 1 is 1.12 bits per heavy atom. The SMILES string of the molecule is Cc1c([C@@H](C)NC(=O)Nc2cccc(C(N)=O)c2)oc2ccccc12. The minimum absolute atomic E-state index is 0.313. The van der Waals surface area contributed by atoms with Crippen LogP contribution in [-0.2, 0) is 0 Å². The Morgan fingerprint density at radius 3 is 2.60 bits per heavy atom. The number of para-hydroxylation sites is 1. The first-order valence-corrected chi connectivity index (χ1v) is 7.91. The molecule has 1 aromatic heterocycles. The Balaban J connectivity index is 1.72. The van der Waals surface area contributed by atoms with Gasteiger partial charge >= 0.3 is 6.03 Å². The van der Waals surface area contributed by atoms with Gasteiger partial charge in [0.2, 0.25) is 5.91 Å². The smallest absolute Gasteiger partial charge is 0.319 e. The van der Waals surface area contributed by atoms with Crippen molar-refractivity contribution in [3.63, 3.8) is 0 Å². The predicted octanol–water partition coefficient (Wildman–Crippen LogP) is 3.72. The Hall–Kier alpha value is -3.28. The van der Waals surface area contributed by atoms with Gasteiger partial charge in [-0.15, -0.1) is 0 Å². The van der Waals surface area contributed by atoms with Gasteiger partial charge in [0, 0.05) is 22.2 Å². The molecule has 3 rings (SSSR count). The molecule has 4 N–H and O–H groups in total. The molecule has 0 saturated heterocycles. The van der Waals surface area contributed by atoms with Crippen molar-refractivity contribution in [3.05, 3.63) is 65.4 Å². The molecule has 3 amide bonds. The van der Waals surface area contributed by atoms with Gasteiger partial charge in [0.25, 0.3) is 0 Å². The number of nitrogens with one attached hydrogen (secondary N) is 2. The molecule has 0 fully saturated rings. The number of aryl methyl sites for hydroxylation is 1. The highest BCUT2D eigenvalue weighted by Crippen LogP contribution is 2.29. The number of fused-ring (bicyclic) bond motifs is 1. The van der Waals surface area contributed by atoms with E-state index < -0.39 is 11.9 Å². The van der Waals surface area contributed by atoms with E-state index in [9.17, 15) is 9.59 Å². The molecule has 25 heavy (non-hydrogen) atoms. The number of anilines is 1. The molecule has 6 nitrogen and oxygen atoms in total. The number of amides is 3. The lowest BCUT2D eigenvalue weighted by molar-refractivity contribution is 0.1000. The van der Waals surface area contributed by atoms with Gasteiger partial charge in [-0.1, -0.05) is 24.3 Å². The number of furan rings is 1. The molecule has 6 heteroatoms. The van der Waals surface area contributed by atoms with Crippen molar-refractivity contribution in [2.24, 2.45) is 5.73 Å². The third kappa shape index (κ3) is 3.47. The van der Waals surface area contributed by atoms with Crippen LogP contribution in [0.2, 0.25) is 0 Å². The van der Waals surface area contributed by atoms with Crippen molar-refractivity contribution in [3.8, 4) is 0 Å². The summed E-state index contributed by atoms with van der Waals surface area (Å²) in [5.41, 5.74) is 7.85. The minimum atomic E-state index is -0.546. The van der Waals surface area contributed by atoms with Gasteiger partial charge in [0.15, 0.2) is 0 Å². The standard InChI is InChI=1S/C19H19N3O3/c1-11-15-8-3-4-9-16(15)25-17(11)12(2)21-19(24)22-14-7-5-6-13(10-14)18(20)23/h3-10,12H,1-2H3,(H2,20,23)(H2,21,22,24)/t12-/m1/s1. The lowest BCUT2D eigenvalue weighted by Gasteiger charge is -2.14. The molecule has 0 unspecified atom stereocenters. The van der Waals surface area contributed by atoms with Crippen molar-refractivity contribution in [2.75, 3.05) is 5.32 Å². The second-order valence-electron chi connectivity index (χ2n) is 5.85. The number of primary amides is 1. The first-order chi connectivity index (χ1) is 12.0. The number of hydrogen-bond acceptors (Lipinski definition) is 3. The zero-order chi connectivity index (χ0) is 18.0. The third-order valence-electron chi connectivity index (χ3n) is 4.03. The number of hydrogen-bond donors (Lipinski definition) is 3. The average molecular weight is 337 g/mol. The Bertz CT molecular complexity index is 946. The van der Waals surface area contributed by atoms with Crippen molar-refractivity contribution >= 4 is 28.6 Å². The van der Waals surface area contributed by atoms with Gasteiger partial charge in [-0.05, 0) is 38.1 Å². The quantitative estimate of drug-likeness (QED) is 0.676. The molecule has 128 valence electrons. The minimum Gasteiger partial charge on any atom is -0.459 e. The largest absolute Gasteiger partial charge is 0.459 e. The van der Waals surface area contributed by atoms with E-state index in [0.717, 1.165) is 16.5 Å². The highest BCUT2D eigenvalue weighted by molar-refractivity contribution is 5.96. The maximum absolute atomic E-state index is 12.2. The van der Waals surface area contributed by atoms with Crippen molar-refractivity contribution in [1.29, 1.82) is 0 Å². The molecular weight excluding hydrogens is 318 g/mol. The summed E-state index contributed by atoms with van der Waals surface area (Å²) >= 11 is 0. The summed E-state index contributed by atoms with van der Waals surface area (Å²) in [4.78, 5) is 23.4. The van der Waals surface area contributed by atoms with Gasteiger partial charge in [-0.2, -0.15) is 0 Å². The van der Waals surface area contributed by atoms with Crippen LogP contribution in [-0.4, -0.2) is 11.9 Å². The van der Waals surface area contributed by atoms with E-state index in [1.54, 1.807) is 18.2 Å². The summed E-state index contributed by atoms with van der Waals surface area (Å²) in [7, 11) is 0. The fourth-order valence-electron chi connectivity index (χ4n) is 2.79. The van der Waals surface area contributed by atoms with Gasteiger partial charge in [0.05, 0.1) is 6.04 Å². The fourth-order valence-corrected chi connectivity index (χ4v) is 2.79. The van der Waals surface area contributed by atoms with Gasteiger partial charge in [0.1, 0.15) is 11.3 Å². The average Bonchev–Trinajstić information content (AvgIpc) is 2.92. The molecule has 3 aromatic rings. The lowest BCUT2D eigenvalue weighted by atomic mass is 10.1. The molecule has 1 heterocycles. The monoisotopic (exact) mass is 337 g/mol. The highest BCUT2D eigenvalue weighted by Gasteiger charge is 2.18. The van der Waals surface area contributed by atoms with Crippen LogP contribution >= 0.6 is 0 Å². The summed E-state index contributed by atoms with van der Waals surface area (Å²) < 4.78 is 5.86. The van der Waals surface area contributed by atoms with E-state index in [1.165, 1.54) is 6.07 Å². The van der Waals surface area contributed by atoms with E-state index in [-0.39, 0.29) is 6.04 Å². The van der Waals surface area contributed by atoms with E-state index >= 15 is 0 Å². The van der Waals surface area contributed by atoms with Crippen LogP contribution in [0, 0.1) is 6.92 Å². The summed E-state index contributed by atoms with van der Waals surface area (Å²) in [6.07, 6.45) is 0. The number of carbonyl (C=O) groups is 2. The molecule has 0 aliphatic carbocycles. The normalized spacial score (nSPS) is 11.9. The molecule has 0 saturated carbocycles. The van der Waals surface area contributed by atoms with Gasteiger partial charge in [-0.3, -0.25) is 4.79 Å². The number of rotatable bonds is 4. The van der Waals surface area contributed by atoms with Crippen molar-refractivity contribution in [1.82, 2.24) is 5.32 Å². The molecule has 0 radical (unpaired) electrons. The summed E-state index contributed by atoms with van der Waals surface area (Å²) in [5.74, 6) is 0.164. The van der Waals surface area contributed by atoms with Crippen LogP contribution in [0.25, 0.3) is 11.0 Å². The van der Waals surface area contributed by atoms with E-state index in [4.69, 9.17) is 10.2 Å².